The Kier molecular flexibility index (Phi) is 5.18. The number of ether oxygens (including phenoxy) is 1. The number of ketones is 1. The van der Waals surface area contributed by atoms with E-state index in [2.05, 4.69) is 0 Å². The molecule has 3 aromatic carbocycles. The molecule has 0 fully saturated rings. The molecule has 1 heterocycles. The Hall–Kier alpha value is -3.38. The Bertz CT molecular complexity index is 1230. The van der Waals surface area contributed by atoms with Gasteiger partial charge in [-0.1, -0.05) is 29.8 Å². The number of carbonyl (C=O) groups excluding carboxylic acids is 1. The number of fused-ring (bicyclic) bond motifs is 1. The van der Waals surface area contributed by atoms with Gasteiger partial charge in [0, 0.05) is 17.5 Å². The van der Waals surface area contributed by atoms with Crippen molar-refractivity contribution in [2.45, 2.75) is 18.7 Å². The lowest BCUT2D eigenvalue weighted by atomic mass is 10.1. The maximum absolute atomic E-state index is 13.3. The van der Waals surface area contributed by atoms with Crippen molar-refractivity contribution in [2.75, 3.05) is 11.5 Å². The zero-order valence-corrected chi connectivity index (χ0v) is 17.5. The summed E-state index contributed by atoms with van der Waals surface area (Å²) in [5.41, 5.74) is 2.67. The number of sulfone groups is 1. The van der Waals surface area contributed by atoms with Gasteiger partial charge in [0.25, 0.3) is 0 Å². The van der Waals surface area contributed by atoms with Crippen LogP contribution in [0.5, 0.6) is 5.75 Å². The average molecular weight is 420 g/mol. The number of para-hydroxylation sites is 1. The van der Waals surface area contributed by atoms with E-state index >= 15 is 0 Å². The first-order chi connectivity index (χ1) is 14.4. The number of carbonyl (C=O) groups is 1. The van der Waals surface area contributed by atoms with Crippen molar-refractivity contribution in [2.24, 2.45) is 0 Å². The Morgan fingerprint density at radius 3 is 2.27 bits per heavy atom. The van der Waals surface area contributed by atoms with Crippen LogP contribution in [0.1, 0.15) is 22.8 Å². The summed E-state index contributed by atoms with van der Waals surface area (Å²) in [6.07, 6.45) is 1.42. The third-order valence-corrected chi connectivity index (χ3v) is 6.71. The van der Waals surface area contributed by atoms with Gasteiger partial charge in [-0.15, -0.1) is 0 Å². The molecule has 1 aliphatic heterocycles. The Labute approximate surface area is 176 Å². The number of nitrogens with zero attached hydrogens (tertiary/aromatic N) is 1. The van der Waals surface area contributed by atoms with E-state index in [1.54, 1.807) is 47.4 Å². The van der Waals surface area contributed by atoms with Crippen LogP contribution in [0.3, 0.4) is 0 Å². The van der Waals surface area contributed by atoms with Crippen LogP contribution in [0.2, 0.25) is 0 Å². The normalized spacial score (nSPS) is 14.6. The van der Waals surface area contributed by atoms with Crippen LogP contribution >= 0.6 is 0 Å². The highest BCUT2D eigenvalue weighted by Crippen LogP contribution is 2.40. The summed E-state index contributed by atoms with van der Waals surface area (Å²) in [7, 11) is -3.96. The average Bonchev–Trinajstić information content (AvgIpc) is 2.75. The molecule has 0 aromatic heterocycles. The first-order valence-corrected chi connectivity index (χ1v) is 11.1. The summed E-state index contributed by atoms with van der Waals surface area (Å²) in [5, 5.41) is 0. The second-order valence-corrected chi connectivity index (χ2v) is 8.84. The molecule has 30 heavy (non-hydrogen) atoms. The Morgan fingerprint density at radius 2 is 1.60 bits per heavy atom. The van der Waals surface area contributed by atoms with E-state index < -0.39 is 15.6 Å². The topological polar surface area (TPSA) is 63.7 Å². The molecule has 0 unspecified atom stereocenters. The van der Waals surface area contributed by atoms with E-state index in [0.717, 1.165) is 11.3 Å². The van der Waals surface area contributed by atoms with Gasteiger partial charge in [0.1, 0.15) is 10.7 Å². The number of Topliss-reactive ketones (excluding diaryl/α,β-unsaturated/α-hetero) is 1. The van der Waals surface area contributed by atoms with Gasteiger partial charge < -0.3 is 9.64 Å². The van der Waals surface area contributed by atoms with Crippen LogP contribution in [0.25, 0.3) is 0 Å². The molecule has 0 N–H and O–H groups in total. The number of benzene rings is 3. The fourth-order valence-corrected chi connectivity index (χ4v) is 4.91. The van der Waals surface area contributed by atoms with Crippen LogP contribution in [-0.4, -0.2) is 20.8 Å². The molecule has 6 heteroatoms. The number of rotatable bonds is 5. The third kappa shape index (κ3) is 3.50. The molecule has 3 aromatic rings. The van der Waals surface area contributed by atoms with Crippen molar-refractivity contribution in [3.8, 4) is 5.75 Å². The van der Waals surface area contributed by atoms with Crippen molar-refractivity contribution >= 4 is 27.0 Å². The number of hydrogen-bond donors (Lipinski definition) is 0. The number of allylic oxidation sites excluding steroid dienone is 1. The smallest absolute Gasteiger partial charge is 0.214 e. The largest absolute Gasteiger partial charge is 0.494 e. The van der Waals surface area contributed by atoms with E-state index in [1.165, 1.54) is 12.3 Å². The van der Waals surface area contributed by atoms with Gasteiger partial charge in [0.2, 0.25) is 15.6 Å². The minimum atomic E-state index is -3.96. The molecule has 0 atom stereocenters. The molecule has 1 aliphatic rings. The fraction of sp³-hybridized carbons (Fsp3) is 0.125. The minimum absolute atomic E-state index is 0.113. The molecule has 4 rings (SSSR count). The quantitative estimate of drug-likeness (QED) is 0.542. The summed E-state index contributed by atoms with van der Waals surface area (Å²) >= 11 is 0. The maximum atomic E-state index is 13.3. The lowest BCUT2D eigenvalue weighted by Crippen LogP contribution is -2.25. The first-order valence-electron chi connectivity index (χ1n) is 9.61. The van der Waals surface area contributed by atoms with Crippen molar-refractivity contribution in [3.63, 3.8) is 0 Å². The first kappa shape index (κ1) is 19.9. The van der Waals surface area contributed by atoms with E-state index in [1.807, 2.05) is 38.1 Å². The number of hydrogen-bond acceptors (Lipinski definition) is 5. The molecule has 0 amide bonds. The molecule has 5 nitrogen and oxygen atoms in total. The lowest BCUT2D eigenvalue weighted by molar-refractivity contribution is 0.104. The van der Waals surface area contributed by atoms with E-state index in [0.29, 0.717) is 18.0 Å². The zero-order valence-electron chi connectivity index (χ0n) is 16.7. The zero-order chi connectivity index (χ0) is 21.3. The Morgan fingerprint density at radius 1 is 0.933 bits per heavy atom. The predicted molar refractivity (Wildman–Crippen MR) is 117 cm³/mol. The molecule has 0 saturated heterocycles. The van der Waals surface area contributed by atoms with Gasteiger partial charge in [-0.3, -0.25) is 4.79 Å². The second kappa shape index (κ2) is 7.80. The predicted octanol–water partition coefficient (Wildman–Crippen LogP) is 5.04. The SMILES string of the molecule is CCOc1ccc(C(=O)C2=CN(c3ccc(C)cc3)c3ccccc3S2(=O)=O)cc1. The van der Waals surface area contributed by atoms with Gasteiger partial charge in [0.15, 0.2) is 0 Å². The second-order valence-electron chi connectivity index (χ2n) is 6.96. The molecule has 152 valence electrons. The highest BCUT2D eigenvalue weighted by molar-refractivity contribution is 7.96. The van der Waals surface area contributed by atoms with Crippen molar-refractivity contribution in [3.05, 3.63) is 95.0 Å². The van der Waals surface area contributed by atoms with E-state index in [9.17, 15) is 13.2 Å². The summed E-state index contributed by atoms with van der Waals surface area (Å²) in [6.45, 7) is 4.36. The van der Waals surface area contributed by atoms with E-state index in [-0.39, 0.29) is 15.4 Å². The summed E-state index contributed by atoms with van der Waals surface area (Å²) < 4.78 is 32.0. The van der Waals surface area contributed by atoms with Crippen LogP contribution in [0.15, 0.2) is 88.8 Å². The molecule has 0 spiro atoms. The standard InChI is InChI=1S/C24H21NO4S/c1-3-29-20-14-10-18(11-15-20)24(26)23-16-25(19-12-8-17(2)9-13-19)21-6-4-5-7-22(21)30(23,27)28/h4-16H,3H2,1-2H3. The highest BCUT2D eigenvalue weighted by atomic mass is 32.2. The van der Waals surface area contributed by atoms with Crippen molar-refractivity contribution in [1.29, 1.82) is 0 Å². The third-order valence-electron chi connectivity index (χ3n) is 4.91. The number of anilines is 2. The van der Waals surface area contributed by atoms with Gasteiger partial charge in [-0.05, 0) is 62.4 Å². The van der Waals surface area contributed by atoms with Crippen LogP contribution < -0.4 is 9.64 Å². The van der Waals surface area contributed by atoms with Gasteiger partial charge >= 0.3 is 0 Å². The molecule has 0 aliphatic carbocycles. The Balaban J connectivity index is 1.83. The fourth-order valence-electron chi connectivity index (χ4n) is 3.37. The molecule has 0 bridgehead atoms. The lowest BCUT2D eigenvalue weighted by Gasteiger charge is -2.29. The molecular formula is C24H21NO4S. The molecular weight excluding hydrogens is 398 g/mol. The minimum Gasteiger partial charge on any atom is -0.494 e. The summed E-state index contributed by atoms with van der Waals surface area (Å²) in [4.78, 5) is 14.8. The molecule has 0 saturated carbocycles. The monoisotopic (exact) mass is 419 g/mol. The molecule has 0 radical (unpaired) electrons. The number of aryl methyl sites for hydroxylation is 1. The van der Waals surface area contributed by atoms with Gasteiger partial charge in [-0.25, -0.2) is 8.42 Å². The summed E-state index contributed by atoms with van der Waals surface area (Å²) in [6, 6.07) is 20.9. The van der Waals surface area contributed by atoms with Gasteiger partial charge in [0.05, 0.1) is 17.2 Å². The van der Waals surface area contributed by atoms with E-state index in [4.69, 9.17) is 4.74 Å². The maximum Gasteiger partial charge on any atom is 0.214 e. The van der Waals surface area contributed by atoms with Crippen LogP contribution in [0.4, 0.5) is 11.4 Å². The van der Waals surface area contributed by atoms with Crippen LogP contribution in [0, 0.1) is 6.92 Å². The van der Waals surface area contributed by atoms with Crippen molar-refractivity contribution < 1.29 is 17.9 Å². The summed E-state index contributed by atoms with van der Waals surface area (Å²) in [5.74, 6) is 0.0748. The van der Waals surface area contributed by atoms with Crippen molar-refractivity contribution in [1.82, 2.24) is 0 Å². The highest BCUT2D eigenvalue weighted by Gasteiger charge is 2.36. The van der Waals surface area contributed by atoms with Gasteiger partial charge in [-0.2, -0.15) is 0 Å². The van der Waals surface area contributed by atoms with Crippen LogP contribution in [-0.2, 0) is 9.84 Å².